The molecule has 0 aromatic carbocycles. The van der Waals surface area contributed by atoms with E-state index < -0.39 is 18.1 Å². The number of nitrogens with zero attached hydrogens (tertiary/aromatic N) is 2. The number of amides is 1. The largest absolute Gasteiger partial charge is 0.490 e. The molecule has 2 aromatic rings. The zero-order chi connectivity index (χ0) is 23.6. The highest BCUT2D eigenvalue weighted by atomic mass is 33.1. The van der Waals surface area contributed by atoms with Gasteiger partial charge in [0.25, 0.3) is 11.6 Å². The molecule has 0 aliphatic rings. The van der Waals surface area contributed by atoms with E-state index in [1.165, 1.54) is 17.0 Å². The first-order valence-corrected chi connectivity index (χ1v) is 11.2. The van der Waals surface area contributed by atoms with Gasteiger partial charge in [0.2, 0.25) is 0 Å². The molecular formula is C17H20F3N3O6S2. The molecule has 0 aliphatic heterocycles. The number of rotatable bonds is 9. The fourth-order valence-corrected chi connectivity index (χ4v) is 3.83. The van der Waals surface area contributed by atoms with Crippen LogP contribution in [0, 0.1) is 0 Å². The average Bonchev–Trinajstić information content (AvgIpc) is 3.10. The number of aromatic nitrogens is 2. The highest BCUT2D eigenvalue weighted by Gasteiger charge is 2.38. The molecular weight excluding hydrogens is 463 g/mol. The molecule has 0 bridgehead atoms. The summed E-state index contributed by atoms with van der Waals surface area (Å²) in [5.74, 6) is -2.31. The molecule has 14 heteroatoms. The smallest absolute Gasteiger partial charge is 0.481 e. The molecule has 0 saturated heterocycles. The summed E-state index contributed by atoms with van der Waals surface area (Å²) in [6.07, 6.45) is -3.46. The second-order valence-corrected chi connectivity index (χ2v) is 8.85. The standard InChI is InChI=1S/C15H19N3O4S2.C2HF3O2/c1-9(2)13-11-7-10(8-17-15(11)22-18-13)14(21)16-4-6-24-23-5-3-12(19)20;3-2(4,5)1(6)7/h7-9H,3-6H2,1-2H3,(H,16,21)(H,19,20);(H,6,7). The quantitative estimate of drug-likeness (QED) is 0.358. The molecule has 1 amide bonds. The molecule has 9 nitrogen and oxygen atoms in total. The summed E-state index contributed by atoms with van der Waals surface area (Å²) in [6, 6.07) is 1.75. The maximum Gasteiger partial charge on any atom is 0.490 e. The van der Waals surface area contributed by atoms with Crippen LogP contribution in [-0.2, 0) is 9.59 Å². The lowest BCUT2D eigenvalue weighted by Gasteiger charge is -2.05. The van der Waals surface area contributed by atoms with Gasteiger partial charge in [-0.15, -0.1) is 0 Å². The lowest BCUT2D eigenvalue weighted by atomic mass is 10.1. The minimum atomic E-state index is -5.08. The van der Waals surface area contributed by atoms with Gasteiger partial charge in [-0.2, -0.15) is 13.2 Å². The fraction of sp³-hybridized carbons (Fsp3) is 0.471. The molecule has 2 rings (SSSR count). The zero-order valence-corrected chi connectivity index (χ0v) is 18.1. The first-order chi connectivity index (χ1) is 14.4. The lowest BCUT2D eigenvalue weighted by molar-refractivity contribution is -0.192. The molecule has 0 spiro atoms. The Morgan fingerprint density at radius 2 is 1.81 bits per heavy atom. The molecule has 2 heterocycles. The van der Waals surface area contributed by atoms with Crippen LogP contribution in [0.4, 0.5) is 13.2 Å². The second kappa shape index (κ2) is 12.4. The Hall–Kier alpha value is -2.48. The number of fused-ring (bicyclic) bond motifs is 1. The van der Waals surface area contributed by atoms with E-state index in [1.54, 1.807) is 16.9 Å². The molecule has 0 radical (unpaired) electrons. The van der Waals surface area contributed by atoms with Gasteiger partial charge in [-0.25, -0.2) is 9.78 Å². The molecule has 0 aliphatic carbocycles. The highest BCUT2D eigenvalue weighted by molar-refractivity contribution is 8.76. The van der Waals surface area contributed by atoms with Crippen LogP contribution in [0.1, 0.15) is 42.2 Å². The van der Waals surface area contributed by atoms with Crippen LogP contribution < -0.4 is 5.32 Å². The Balaban J connectivity index is 0.000000592. The molecule has 0 fully saturated rings. The Labute approximate surface area is 182 Å². The SMILES string of the molecule is CC(C)c1noc2ncc(C(=O)NCCSSCCC(=O)O)cc12.O=C(O)C(F)(F)F. The van der Waals surface area contributed by atoms with Gasteiger partial charge in [0.1, 0.15) is 0 Å². The van der Waals surface area contributed by atoms with E-state index in [0.29, 0.717) is 29.3 Å². The van der Waals surface area contributed by atoms with Gasteiger partial charge in [0.05, 0.1) is 23.1 Å². The van der Waals surface area contributed by atoms with Crippen molar-refractivity contribution in [1.29, 1.82) is 0 Å². The van der Waals surface area contributed by atoms with Crippen LogP contribution in [0.5, 0.6) is 0 Å². The van der Waals surface area contributed by atoms with Crippen molar-refractivity contribution in [3.05, 3.63) is 23.5 Å². The van der Waals surface area contributed by atoms with Gasteiger partial charge < -0.3 is 20.1 Å². The first kappa shape index (κ1) is 26.6. The summed E-state index contributed by atoms with van der Waals surface area (Å²) in [5.41, 5.74) is 1.69. The van der Waals surface area contributed by atoms with Gasteiger partial charge in [-0.05, 0) is 12.0 Å². The van der Waals surface area contributed by atoms with E-state index in [9.17, 15) is 22.8 Å². The number of carboxylic acids is 2. The fourth-order valence-electron chi connectivity index (χ4n) is 1.95. The normalized spacial score (nSPS) is 11.2. The molecule has 31 heavy (non-hydrogen) atoms. The topological polar surface area (TPSA) is 143 Å². The molecule has 2 aromatic heterocycles. The molecule has 3 N–H and O–H groups in total. The minimum Gasteiger partial charge on any atom is -0.481 e. The van der Waals surface area contributed by atoms with Crippen molar-refractivity contribution < 1.29 is 42.3 Å². The monoisotopic (exact) mass is 483 g/mol. The number of pyridine rings is 1. The number of nitrogens with one attached hydrogen (secondary N) is 1. The van der Waals surface area contributed by atoms with Crippen molar-refractivity contribution in [3.8, 4) is 0 Å². The van der Waals surface area contributed by atoms with Gasteiger partial charge in [-0.1, -0.05) is 40.6 Å². The summed E-state index contributed by atoms with van der Waals surface area (Å²) in [4.78, 5) is 35.6. The number of carboxylic acid groups (broad SMARTS) is 2. The van der Waals surface area contributed by atoms with Crippen LogP contribution >= 0.6 is 21.6 Å². The van der Waals surface area contributed by atoms with Crippen LogP contribution in [0.25, 0.3) is 11.1 Å². The maximum atomic E-state index is 12.2. The van der Waals surface area contributed by atoms with Crippen LogP contribution in [0.2, 0.25) is 0 Å². The predicted molar refractivity (Wildman–Crippen MR) is 109 cm³/mol. The third kappa shape index (κ3) is 9.46. The van der Waals surface area contributed by atoms with Gasteiger partial charge >= 0.3 is 18.1 Å². The van der Waals surface area contributed by atoms with E-state index >= 15 is 0 Å². The van der Waals surface area contributed by atoms with Gasteiger partial charge in [0, 0.05) is 24.2 Å². The summed E-state index contributed by atoms with van der Waals surface area (Å²) in [5, 5.41) is 23.2. The second-order valence-electron chi connectivity index (χ2n) is 6.15. The van der Waals surface area contributed by atoms with Gasteiger partial charge in [-0.3, -0.25) is 9.59 Å². The van der Waals surface area contributed by atoms with E-state index in [4.69, 9.17) is 19.5 Å². The van der Waals surface area contributed by atoms with Crippen molar-refractivity contribution in [2.45, 2.75) is 32.4 Å². The molecule has 0 unspecified atom stereocenters. The van der Waals surface area contributed by atoms with Crippen molar-refractivity contribution >= 4 is 50.5 Å². The lowest BCUT2D eigenvalue weighted by Crippen LogP contribution is -2.25. The maximum absolute atomic E-state index is 12.2. The van der Waals surface area contributed by atoms with Crippen molar-refractivity contribution in [2.24, 2.45) is 0 Å². The van der Waals surface area contributed by atoms with Gasteiger partial charge in [0.15, 0.2) is 0 Å². The van der Waals surface area contributed by atoms with E-state index in [-0.39, 0.29) is 18.2 Å². The van der Waals surface area contributed by atoms with E-state index in [2.05, 4.69) is 15.5 Å². The van der Waals surface area contributed by atoms with E-state index in [1.807, 2.05) is 13.8 Å². The number of halogens is 3. The summed E-state index contributed by atoms with van der Waals surface area (Å²) in [7, 11) is 3.03. The number of hydrogen-bond donors (Lipinski definition) is 3. The number of carbonyl (C=O) groups is 3. The Morgan fingerprint density at radius 3 is 2.35 bits per heavy atom. The Kier molecular flexibility index (Phi) is 10.6. The van der Waals surface area contributed by atoms with E-state index in [0.717, 1.165) is 11.1 Å². The minimum absolute atomic E-state index is 0.145. The van der Waals surface area contributed by atoms with Crippen molar-refractivity contribution in [2.75, 3.05) is 18.1 Å². The molecule has 0 atom stereocenters. The Morgan fingerprint density at radius 1 is 1.19 bits per heavy atom. The predicted octanol–water partition coefficient (Wildman–Crippen LogP) is 3.57. The molecule has 172 valence electrons. The van der Waals surface area contributed by atoms with Crippen molar-refractivity contribution in [3.63, 3.8) is 0 Å². The number of hydrogen-bond acceptors (Lipinski definition) is 8. The number of aliphatic carboxylic acids is 2. The summed E-state index contributed by atoms with van der Waals surface area (Å²) >= 11 is 0. The summed E-state index contributed by atoms with van der Waals surface area (Å²) < 4.78 is 36.9. The summed E-state index contributed by atoms with van der Waals surface area (Å²) in [6.45, 7) is 4.51. The zero-order valence-electron chi connectivity index (χ0n) is 16.4. The highest BCUT2D eigenvalue weighted by Crippen LogP contribution is 2.24. The van der Waals surface area contributed by atoms with Crippen LogP contribution in [-0.4, -0.2) is 62.4 Å². The third-order valence-corrected chi connectivity index (χ3v) is 5.77. The third-order valence-electron chi connectivity index (χ3n) is 3.36. The van der Waals surface area contributed by atoms with Crippen LogP contribution in [0.15, 0.2) is 16.8 Å². The number of alkyl halides is 3. The van der Waals surface area contributed by atoms with Crippen molar-refractivity contribution in [1.82, 2.24) is 15.5 Å². The number of carbonyl (C=O) groups excluding carboxylic acids is 1. The molecule has 0 saturated carbocycles. The Bertz CT molecular complexity index is 905. The first-order valence-electron chi connectivity index (χ1n) is 8.73. The van der Waals surface area contributed by atoms with Crippen LogP contribution in [0.3, 0.4) is 0 Å². The average molecular weight is 483 g/mol.